The summed E-state index contributed by atoms with van der Waals surface area (Å²) in [6.07, 6.45) is 3.70. The zero-order valence-electron chi connectivity index (χ0n) is 8.17. The van der Waals surface area contributed by atoms with E-state index < -0.39 is 0 Å². The minimum Gasteiger partial charge on any atom is -0.148 e. The van der Waals surface area contributed by atoms with E-state index in [0.717, 1.165) is 5.92 Å². The van der Waals surface area contributed by atoms with E-state index in [9.17, 15) is 0 Å². The first-order valence-electron chi connectivity index (χ1n) is 5.04. The molecule has 78 valence electrons. The molecule has 1 aliphatic rings. The number of rotatable bonds is 2. The highest BCUT2D eigenvalue weighted by atomic mass is 79.9. The van der Waals surface area contributed by atoms with Crippen LogP contribution in [0.4, 0.5) is 0 Å². The second-order valence-electron chi connectivity index (χ2n) is 4.15. The molecule has 2 rings (SSSR count). The molecular weight excluding hydrogens is 280 g/mol. The summed E-state index contributed by atoms with van der Waals surface area (Å²) in [5.74, 6) is 1.47. The Kier molecular flexibility index (Phi) is 3.56. The molecular formula is C11H14BrClS. The minimum atomic E-state index is 0.406. The third kappa shape index (κ3) is 2.34. The van der Waals surface area contributed by atoms with Crippen LogP contribution in [0.2, 0.25) is 0 Å². The number of hydrogen-bond acceptors (Lipinski definition) is 1. The first-order chi connectivity index (χ1) is 6.66. The molecule has 0 radical (unpaired) electrons. The maximum absolute atomic E-state index is 6.22. The molecule has 0 aromatic carbocycles. The van der Waals surface area contributed by atoms with Crippen molar-refractivity contribution in [1.29, 1.82) is 0 Å². The second-order valence-corrected chi connectivity index (χ2v) is 6.62. The molecule has 1 heterocycles. The van der Waals surface area contributed by atoms with E-state index in [-0.39, 0.29) is 0 Å². The van der Waals surface area contributed by atoms with Crippen molar-refractivity contribution in [2.75, 3.05) is 0 Å². The molecule has 3 heteroatoms. The Hall–Kier alpha value is 0.470. The van der Waals surface area contributed by atoms with Crippen LogP contribution in [0, 0.1) is 11.8 Å². The van der Waals surface area contributed by atoms with Gasteiger partial charge in [-0.05, 0) is 53.1 Å². The van der Waals surface area contributed by atoms with E-state index in [4.69, 9.17) is 11.6 Å². The van der Waals surface area contributed by atoms with Gasteiger partial charge in [-0.15, -0.1) is 22.9 Å². The van der Waals surface area contributed by atoms with Gasteiger partial charge in [-0.1, -0.05) is 6.92 Å². The molecule has 1 saturated carbocycles. The molecule has 3 atom stereocenters. The predicted octanol–water partition coefficient (Wildman–Crippen LogP) is 4.71. The van der Waals surface area contributed by atoms with Crippen molar-refractivity contribution in [3.05, 3.63) is 20.8 Å². The van der Waals surface area contributed by atoms with Gasteiger partial charge < -0.3 is 0 Å². The van der Waals surface area contributed by atoms with Crippen LogP contribution < -0.4 is 0 Å². The van der Waals surface area contributed by atoms with Crippen LogP contribution >= 0.6 is 38.9 Å². The monoisotopic (exact) mass is 292 g/mol. The minimum absolute atomic E-state index is 0.406. The summed E-state index contributed by atoms with van der Waals surface area (Å²) in [4.78, 5) is 1.49. The molecule has 0 amide bonds. The van der Waals surface area contributed by atoms with Gasteiger partial charge in [0.25, 0.3) is 0 Å². The highest BCUT2D eigenvalue weighted by Gasteiger charge is 2.31. The lowest BCUT2D eigenvalue weighted by molar-refractivity contribution is 0.422. The summed E-state index contributed by atoms with van der Waals surface area (Å²) in [5.41, 5.74) is 0. The van der Waals surface area contributed by atoms with Gasteiger partial charge in [-0.25, -0.2) is 0 Å². The van der Waals surface area contributed by atoms with Crippen molar-refractivity contribution in [2.24, 2.45) is 11.8 Å². The molecule has 0 spiro atoms. The van der Waals surface area contributed by atoms with Crippen molar-refractivity contribution in [3.8, 4) is 0 Å². The summed E-state index contributed by atoms with van der Waals surface area (Å²) >= 11 is 11.6. The SMILES string of the molecule is CC1C(Cl)CCC1Cc1cc(Br)cs1. The average Bonchev–Trinajstić information content (AvgIpc) is 2.67. The molecule has 0 aliphatic heterocycles. The molecule has 14 heavy (non-hydrogen) atoms. The largest absolute Gasteiger partial charge is 0.148 e. The Bertz CT molecular complexity index is 310. The smallest absolute Gasteiger partial charge is 0.0364 e. The lowest BCUT2D eigenvalue weighted by atomic mass is 9.94. The van der Waals surface area contributed by atoms with Crippen molar-refractivity contribution in [1.82, 2.24) is 0 Å². The van der Waals surface area contributed by atoms with E-state index in [2.05, 4.69) is 34.3 Å². The predicted molar refractivity (Wildman–Crippen MR) is 67.3 cm³/mol. The van der Waals surface area contributed by atoms with E-state index >= 15 is 0 Å². The van der Waals surface area contributed by atoms with Gasteiger partial charge in [0, 0.05) is 20.1 Å². The first-order valence-corrected chi connectivity index (χ1v) is 7.14. The van der Waals surface area contributed by atoms with Gasteiger partial charge in [-0.3, -0.25) is 0 Å². The molecule has 1 aliphatic carbocycles. The number of halogens is 2. The van der Waals surface area contributed by atoms with Crippen molar-refractivity contribution < 1.29 is 0 Å². The zero-order valence-corrected chi connectivity index (χ0v) is 11.3. The maximum Gasteiger partial charge on any atom is 0.0364 e. The van der Waals surface area contributed by atoms with Gasteiger partial charge >= 0.3 is 0 Å². The average molecular weight is 294 g/mol. The molecule has 0 N–H and O–H groups in total. The van der Waals surface area contributed by atoms with Crippen molar-refractivity contribution in [3.63, 3.8) is 0 Å². The van der Waals surface area contributed by atoms with Gasteiger partial charge in [0.2, 0.25) is 0 Å². The van der Waals surface area contributed by atoms with Gasteiger partial charge in [-0.2, -0.15) is 0 Å². The number of hydrogen-bond donors (Lipinski definition) is 0. The summed E-state index contributed by atoms with van der Waals surface area (Å²) in [6.45, 7) is 2.29. The second kappa shape index (κ2) is 4.54. The van der Waals surface area contributed by atoms with Gasteiger partial charge in [0.15, 0.2) is 0 Å². The van der Waals surface area contributed by atoms with Crippen LogP contribution in [0.1, 0.15) is 24.6 Å². The van der Waals surface area contributed by atoms with Crippen LogP contribution in [0.5, 0.6) is 0 Å². The van der Waals surface area contributed by atoms with E-state index in [1.165, 1.54) is 28.6 Å². The molecule has 1 aromatic heterocycles. The van der Waals surface area contributed by atoms with E-state index in [0.29, 0.717) is 11.3 Å². The Morgan fingerprint density at radius 1 is 1.57 bits per heavy atom. The molecule has 1 fully saturated rings. The van der Waals surface area contributed by atoms with Crippen molar-refractivity contribution >= 4 is 38.9 Å². The Balaban J connectivity index is 1.98. The quantitative estimate of drug-likeness (QED) is 0.693. The zero-order chi connectivity index (χ0) is 10.1. The highest BCUT2D eigenvalue weighted by molar-refractivity contribution is 9.10. The standard InChI is InChI=1S/C11H14BrClS/c1-7-8(2-3-11(7)13)4-10-5-9(12)6-14-10/h5-8,11H,2-4H2,1H3. The van der Waals surface area contributed by atoms with E-state index in [1.54, 1.807) is 0 Å². The fourth-order valence-electron chi connectivity index (χ4n) is 2.20. The van der Waals surface area contributed by atoms with Crippen LogP contribution in [-0.4, -0.2) is 5.38 Å². The molecule has 0 nitrogen and oxygen atoms in total. The van der Waals surface area contributed by atoms with Gasteiger partial charge in [0.1, 0.15) is 0 Å². The summed E-state index contributed by atoms with van der Waals surface area (Å²) in [7, 11) is 0. The van der Waals surface area contributed by atoms with Crippen LogP contribution in [0.15, 0.2) is 15.9 Å². The number of thiophene rings is 1. The topological polar surface area (TPSA) is 0 Å². The van der Waals surface area contributed by atoms with Gasteiger partial charge in [0.05, 0.1) is 0 Å². The fourth-order valence-corrected chi connectivity index (χ4v) is 4.08. The molecule has 3 unspecified atom stereocenters. The van der Waals surface area contributed by atoms with Crippen LogP contribution in [0.25, 0.3) is 0 Å². The Morgan fingerprint density at radius 2 is 2.36 bits per heavy atom. The maximum atomic E-state index is 6.22. The lowest BCUT2D eigenvalue weighted by Crippen LogP contribution is -2.12. The Morgan fingerprint density at radius 3 is 2.86 bits per heavy atom. The lowest BCUT2D eigenvalue weighted by Gasteiger charge is -2.15. The summed E-state index contributed by atoms with van der Waals surface area (Å²) in [5, 5.41) is 2.57. The third-order valence-electron chi connectivity index (χ3n) is 3.21. The van der Waals surface area contributed by atoms with Crippen LogP contribution in [0.3, 0.4) is 0 Å². The number of alkyl halides is 1. The highest BCUT2D eigenvalue weighted by Crippen LogP contribution is 2.38. The third-order valence-corrected chi connectivity index (χ3v) is 5.55. The first kappa shape index (κ1) is 11.0. The summed E-state index contributed by atoms with van der Waals surface area (Å²) in [6, 6.07) is 2.24. The Labute approximate surface area is 103 Å². The molecule has 0 saturated heterocycles. The van der Waals surface area contributed by atoms with E-state index in [1.807, 2.05) is 11.3 Å². The van der Waals surface area contributed by atoms with Crippen molar-refractivity contribution in [2.45, 2.75) is 31.6 Å². The summed E-state index contributed by atoms with van der Waals surface area (Å²) < 4.78 is 1.21. The molecule has 0 bridgehead atoms. The van der Waals surface area contributed by atoms with Crippen LogP contribution in [-0.2, 0) is 6.42 Å². The fraction of sp³-hybridized carbons (Fsp3) is 0.636. The molecule has 1 aromatic rings. The normalized spacial score (nSPS) is 32.4.